The second kappa shape index (κ2) is 9.24. The van der Waals surface area contributed by atoms with Crippen LogP contribution in [0.25, 0.3) is 0 Å². The van der Waals surface area contributed by atoms with Gasteiger partial charge in [-0.1, -0.05) is 91.6 Å². The fourth-order valence-corrected chi connectivity index (χ4v) is 8.07. The molecule has 0 radical (unpaired) electrons. The number of imide groups is 1. The van der Waals surface area contributed by atoms with Crippen molar-refractivity contribution in [1.29, 1.82) is 0 Å². The predicted octanol–water partition coefficient (Wildman–Crippen LogP) is 6.65. The van der Waals surface area contributed by atoms with E-state index in [2.05, 4.69) is 0 Å². The Morgan fingerprint density at radius 2 is 1.31 bits per heavy atom. The zero-order chi connectivity index (χ0) is 27.9. The summed E-state index contributed by atoms with van der Waals surface area (Å²) in [7, 11) is 0. The Kier molecular flexibility index (Phi) is 6.31. The topological polar surface area (TPSA) is 63.7 Å². The van der Waals surface area contributed by atoms with Crippen LogP contribution >= 0.6 is 46.4 Å². The van der Waals surface area contributed by atoms with Crippen molar-refractivity contribution in [2.75, 3.05) is 0 Å². The molecule has 200 valence electrons. The van der Waals surface area contributed by atoms with Gasteiger partial charge in [0.2, 0.25) is 11.8 Å². The number of hydrogen-bond acceptors (Lipinski definition) is 4. The van der Waals surface area contributed by atoms with Crippen LogP contribution in [0.4, 0.5) is 0 Å². The van der Waals surface area contributed by atoms with E-state index in [1.54, 1.807) is 32.0 Å². The van der Waals surface area contributed by atoms with Gasteiger partial charge in [-0.25, -0.2) is 4.79 Å². The highest BCUT2D eigenvalue weighted by Crippen LogP contribution is 2.69. The Bertz CT molecular complexity index is 1430. The van der Waals surface area contributed by atoms with Gasteiger partial charge in [0, 0.05) is 15.6 Å². The van der Waals surface area contributed by atoms with Gasteiger partial charge in [-0.15, -0.1) is 23.2 Å². The number of rotatable bonds is 5. The average molecular weight is 603 g/mol. The molecule has 9 heteroatoms. The molecule has 1 saturated heterocycles. The van der Waals surface area contributed by atoms with E-state index in [0.29, 0.717) is 37.9 Å². The molecule has 2 amide bonds. The molecule has 3 aromatic carbocycles. The minimum Gasteiger partial charge on any atom is -0.459 e. The van der Waals surface area contributed by atoms with Crippen LogP contribution in [0.15, 0.2) is 66.7 Å². The SMILES string of the molecule is CC(C)[C@@H](C(=O)OCc1ccc(Cl)cc1Cl)N1C(=O)[C@@H]2[C@H](C1=O)C1(Cl)c3ccccc3C2(Cl)c2ccccc21. The molecule has 3 atom stereocenters. The molecule has 0 spiro atoms. The summed E-state index contributed by atoms with van der Waals surface area (Å²) in [5, 5.41) is 0.795. The highest BCUT2D eigenvalue weighted by Gasteiger charge is 2.74. The number of ether oxygens (including phenoxy) is 1. The normalized spacial score (nSPS) is 27.3. The van der Waals surface area contributed by atoms with E-state index in [1.807, 2.05) is 48.5 Å². The molecular formula is C30H23Cl4NO4. The van der Waals surface area contributed by atoms with Crippen LogP contribution in [-0.4, -0.2) is 28.7 Å². The number of likely N-dealkylation sites (tertiary alicyclic amines) is 1. The molecule has 1 heterocycles. The maximum Gasteiger partial charge on any atom is 0.329 e. The summed E-state index contributed by atoms with van der Waals surface area (Å²) >= 11 is 27.2. The van der Waals surface area contributed by atoms with E-state index < -0.39 is 51.3 Å². The van der Waals surface area contributed by atoms with Gasteiger partial charge >= 0.3 is 5.97 Å². The first-order valence-electron chi connectivity index (χ1n) is 12.6. The van der Waals surface area contributed by atoms with Gasteiger partial charge in [-0.2, -0.15) is 0 Å². The third kappa shape index (κ3) is 3.56. The Labute approximate surface area is 245 Å². The molecule has 2 bridgehead atoms. The molecule has 1 aliphatic heterocycles. The molecule has 3 aliphatic carbocycles. The molecular weight excluding hydrogens is 580 g/mol. The molecule has 39 heavy (non-hydrogen) atoms. The van der Waals surface area contributed by atoms with Crippen LogP contribution in [0.2, 0.25) is 10.0 Å². The lowest BCUT2D eigenvalue weighted by Gasteiger charge is -2.54. The van der Waals surface area contributed by atoms with Gasteiger partial charge in [-0.3, -0.25) is 14.5 Å². The first-order valence-corrected chi connectivity index (χ1v) is 14.1. The van der Waals surface area contributed by atoms with Crippen LogP contribution in [0.3, 0.4) is 0 Å². The van der Waals surface area contributed by atoms with Crippen LogP contribution in [0.5, 0.6) is 0 Å². The van der Waals surface area contributed by atoms with E-state index in [1.165, 1.54) is 0 Å². The molecule has 7 rings (SSSR count). The summed E-state index contributed by atoms with van der Waals surface area (Å²) in [5.41, 5.74) is 3.35. The number of alkyl halides is 2. The fourth-order valence-electron chi connectivity index (χ4n) is 6.51. The number of carbonyl (C=O) groups is 3. The summed E-state index contributed by atoms with van der Waals surface area (Å²) in [6, 6.07) is 18.5. The van der Waals surface area contributed by atoms with Crippen molar-refractivity contribution >= 4 is 64.2 Å². The first-order chi connectivity index (χ1) is 18.5. The molecule has 1 fully saturated rings. The molecule has 3 aromatic rings. The van der Waals surface area contributed by atoms with E-state index in [4.69, 9.17) is 51.1 Å². The minimum atomic E-state index is -1.32. The lowest BCUT2D eigenvalue weighted by molar-refractivity contribution is -0.162. The standard InChI is InChI=1S/C30H23Cl4NO4/c1-15(2)25(28(38)39-14-16-11-12-17(31)13-22(16)32)35-26(36)23-24(27(35)37)30(34)19-8-4-3-7-18(19)29(23,33)20-9-5-6-10-21(20)30/h3-13,15,23-25H,14H2,1-2H3/t23-,24+,25-,29?,30?/m0/s1. The monoisotopic (exact) mass is 601 g/mol. The number of esters is 1. The number of benzene rings is 3. The van der Waals surface area contributed by atoms with Gasteiger partial charge in [-0.05, 0) is 40.3 Å². The molecule has 0 unspecified atom stereocenters. The minimum absolute atomic E-state index is 0.142. The zero-order valence-electron chi connectivity index (χ0n) is 21.0. The third-order valence-corrected chi connectivity index (χ3v) is 10.0. The van der Waals surface area contributed by atoms with Crippen molar-refractivity contribution in [2.45, 2.75) is 36.2 Å². The van der Waals surface area contributed by atoms with Crippen molar-refractivity contribution in [1.82, 2.24) is 4.90 Å². The zero-order valence-corrected chi connectivity index (χ0v) is 24.0. The van der Waals surface area contributed by atoms with Gasteiger partial charge in [0.05, 0.1) is 11.8 Å². The smallest absolute Gasteiger partial charge is 0.329 e. The molecule has 0 saturated carbocycles. The molecule has 5 nitrogen and oxygen atoms in total. The van der Waals surface area contributed by atoms with Crippen LogP contribution in [0.1, 0.15) is 41.7 Å². The van der Waals surface area contributed by atoms with Crippen LogP contribution in [-0.2, 0) is 35.5 Å². The third-order valence-electron chi connectivity index (χ3n) is 8.16. The van der Waals surface area contributed by atoms with E-state index >= 15 is 0 Å². The molecule has 0 N–H and O–H groups in total. The highest BCUT2D eigenvalue weighted by atomic mass is 35.5. The maximum atomic E-state index is 14.2. The number of amides is 2. The predicted molar refractivity (Wildman–Crippen MR) is 150 cm³/mol. The Hall–Kier alpha value is -2.57. The molecule has 0 aromatic heterocycles. The Balaban J connectivity index is 1.41. The summed E-state index contributed by atoms with van der Waals surface area (Å²) in [6.07, 6.45) is 0. The summed E-state index contributed by atoms with van der Waals surface area (Å²) in [5.74, 6) is -4.21. The van der Waals surface area contributed by atoms with E-state index in [9.17, 15) is 14.4 Å². The van der Waals surface area contributed by atoms with E-state index in [0.717, 1.165) is 4.90 Å². The fraction of sp³-hybridized carbons (Fsp3) is 0.300. The average Bonchev–Trinajstić information content (AvgIpc) is 3.18. The Morgan fingerprint density at radius 1 is 0.846 bits per heavy atom. The Morgan fingerprint density at radius 3 is 1.72 bits per heavy atom. The number of nitrogens with zero attached hydrogens (tertiary/aromatic N) is 1. The quantitative estimate of drug-likeness (QED) is 0.186. The number of halogens is 4. The van der Waals surface area contributed by atoms with Crippen molar-refractivity contribution in [3.63, 3.8) is 0 Å². The lowest BCUT2D eigenvalue weighted by Crippen LogP contribution is -2.57. The van der Waals surface area contributed by atoms with Crippen molar-refractivity contribution in [3.05, 3.63) is 105 Å². The van der Waals surface area contributed by atoms with Crippen LogP contribution in [0, 0.1) is 17.8 Å². The summed E-state index contributed by atoms with van der Waals surface area (Å²) in [6.45, 7) is 3.38. The van der Waals surface area contributed by atoms with Gasteiger partial charge in [0.25, 0.3) is 0 Å². The van der Waals surface area contributed by atoms with Crippen LogP contribution < -0.4 is 0 Å². The van der Waals surface area contributed by atoms with Gasteiger partial charge < -0.3 is 4.74 Å². The van der Waals surface area contributed by atoms with Gasteiger partial charge in [0.15, 0.2) is 0 Å². The second-order valence-corrected chi connectivity index (χ2v) is 12.6. The van der Waals surface area contributed by atoms with Crippen molar-refractivity contribution < 1.29 is 19.1 Å². The van der Waals surface area contributed by atoms with Crippen molar-refractivity contribution in [3.8, 4) is 0 Å². The number of hydrogen-bond donors (Lipinski definition) is 0. The largest absolute Gasteiger partial charge is 0.459 e. The highest BCUT2D eigenvalue weighted by molar-refractivity contribution is 6.36. The first kappa shape index (κ1) is 26.6. The maximum absolute atomic E-state index is 14.2. The van der Waals surface area contributed by atoms with E-state index in [-0.39, 0.29) is 6.61 Å². The summed E-state index contributed by atoms with van der Waals surface area (Å²) < 4.78 is 5.60. The summed E-state index contributed by atoms with van der Waals surface area (Å²) in [4.78, 5) is 40.4. The second-order valence-electron chi connectivity index (χ2n) is 10.5. The molecule has 4 aliphatic rings. The lowest BCUT2D eigenvalue weighted by atomic mass is 9.54. The number of carbonyl (C=O) groups excluding carboxylic acids is 3. The van der Waals surface area contributed by atoms with Crippen molar-refractivity contribution in [2.24, 2.45) is 17.8 Å². The van der Waals surface area contributed by atoms with Gasteiger partial charge in [0.1, 0.15) is 22.4 Å².